The molecule has 0 spiro atoms. The predicted octanol–water partition coefficient (Wildman–Crippen LogP) is 3.88. The summed E-state index contributed by atoms with van der Waals surface area (Å²) in [5.41, 5.74) is 1.53. The van der Waals surface area contributed by atoms with Crippen LogP contribution in [0.1, 0.15) is 50.7 Å². The van der Waals surface area contributed by atoms with Gasteiger partial charge < -0.3 is 38.6 Å². The van der Waals surface area contributed by atoms with E-state index in [0.29, 0.717) is 12.4 Å². The molecular weight excluding hydrogens is 417 g/mol. The molecule has 0 saturated carbocycles. The van der Waals surface area contributed by atoms with Gasteiger partial charge in [0, 0.05) is 0 Å². The van der Waals surface area contributed by atoms with Crippen LogP contribution < -0.4 is 4.52 Å². The standard InChI is InChI=1S/C15H26O6P2.H3O3P/c1-4-6-8-13-11-15(12(3)10-14(13)16)20-23(21-22(17)18)19-9-7-5-2;1-4(2)3/h10-11,16-18H,4-9H2,1-3H3;1-3H. The average molecular weight is 446 g/mol. The highest BCUT2D eigenvalue weighted by Gasteiger charge is 2.21. The maximum absolute atomic E-state index is 10.0. The molecule has 1 atom stereocenters. The average Bonchev–Trinajstić information content (AvgIpc) is 2.55. The highest BCUT2D eigenvalue weighted by Crippen LogP contribution is 2.51. The minimum atomic E-state index is -2.62. The van der Waals surface area contributed by atoms with Gasteiger partial charge in [-0.25, -0.2) is 4.31 Å². The fourth-order valence-corrected chi connectivity index (χ4v) is 3.36. The van der Waals surface area contributed by atoms with Crippen molar-refractivity contribution in [2.45, 2.75) is 52.9 Å². The number of phenolic OH excluding ortho intramolecular Hbond substituents is 1. The van der Waals surface area contributed by atoms with Crippen molar-refractivity contribution in [1.29, 1.82) is 0 Å². The van der Waals surface area contributed by atoms with Gasteiger partial charge in [-0.3, -0.25) is 0 Å². The molecule has 1 aromatic carbocycles. The first kappa shape index (κ1) is 26.8. The van der Waals surface area contributed by atoms with Gasteiger partial charge in [0.2, 0.25) is 0 Å². The summed E-state index contributed by atoms with van der Waals surface area (Å²) in [5.74, 6) is 0.764. The van der Waals surface area contributed by atoms with Gasteiger partial charge in [-0.15, -0.1) is 0 Å². The van der Waals surface area contributed by atoms with E-state index in [1.165, 1.54) is 0 Å². The maximum atomic E-state index is 10.0. The lowest BCUT2D eigenvalue weighted by molar-refractivity contribution is 0.248. The zero-order valence-corrected chi connectivity index (χ0v) is 18.3. The molecule has 6 N–H and O–H groups in total. The van der Waals surface area contributed by atoms with E-state index in [-0.39, 0.29) is 5.75 Å². The van der Waals surface area contributed by atoms with E-state index < -0.39 is 25.8 Å². The summed E-state index contributed by atoms with van der Waals surface area (Å²) >= 11 is 0. The Morgan fingerprint density at radius 1 is 0.963 bits per heavy atom. The van der Waals surface area contributed by atoms with E-state index in [0.717, 1.165) is 43.2 Å². The first-order valence-electron chi connectivity index (χ1n) is 8.37. The van der Waals surface area contributed by atoms with E-state index in [4.69, 9.17) is 37.8 Å². The van der Waals surface area contributed by atoms with Crippen molar-refractivity contribution in [3.63, 3.8) is 0 Å². The Balaban J connectivity index is 0.00000153. The van der Waals surface area contributed by atoms with E-state index >= 15 is 0 Å². The molecule has 12 heteroatoms. The van der Waals surface area contributed by atoms with E-state index in [1.807, 2.05) is 6.92 Å². The molecule has 0 aliphatic heterocycles. The third kappa shape index (κ3) is 13.6. The van der Waals surface area contributed by atoms with Crippen LogP contribution in [-0.4, -0.2) is 36.2 Å². The largest absolute Gasteiger partial charge is 0.508 e. The maximum Gasteiger partial charge on any atom is 0.404 e. The number of phenols is 1. The Morgan fingerprint density at radius 3 is 2.07 bits per heavy atom. The summed E-state index contributed by atoms with van der Waals surface area (Å²) in [4.78, 5) is 39.8. The molecule has 0 aromatic heterocycles. The van der Waals surface area contributed by atoms with Crippen LogP contribution in [0.25, 0.3) is 0 Å². The van der Waals surface area contributed by atoms with Crippen LogP contribution >= 0.6 is 25.8 Å². The van der Waals surface area contributed by atoms with Gasteiger partial charge in [-0.1, -0.05) is 26.7 Å². The lowest BCUT2D eigenvalue weighted by Crippen LogP contribution is -1.99. The highest BCUT2D eigenvalue weighted by molar-refractivity contribution is 7.54. The molecule has 1 aromatic rings. The Morgan fingerprint density at radius 2 is 1.56 bits per heavy atom. The fraction of sp³-hybridized carbons (Fsp3) is 0.600. The Hall–Kier alpha value is -0.170. The van der Waals surface area contributed by atoms with Gasteiger partial charge in [0.15, 0.2) is 0 Å². The number of aromatic hydroxyl groups is 1. The molecule has 0 heterocycles. The third-order valence-electron chi connectivity index (χ3n) is 3.18. The monoisotopic (exact) mass is 446 g/mol. The van der Waals surface area contributed by atoms with Crippen LogP contribution in [0.15, 0.2) is 12.1 Å². The van der Waals surface area contributed by atoms with E-state index in [1.54, 1.807) is 19.1 Å². The lowest BCUT2D eigenvalue weighted by atomic mass is 10.0. The van der Waals surface area contributed by atoms with E-state index in [9.17, 15) is 5.11 Å². The van der Waals surface area contributed by atoms with Gasteiger partial charge in [-0.2, -0.15) is 0 Å². The molecule has 1 unspecified atom stereocenters. The third-order valence-corrected chi connectivity index (χ3v) is 5.04. The van der Waals surface area contributed by atoms with Crippen molar-refractivity contribution in [1.82, 2.24) is 0 Å². The number of unbranched alkanes of at least 4 members (excludes halogenated alkanes) is 2. The summed E-state index contributed by atoms with van der Waals surface area (Å²) in [5, 5.41) is 10.0. The minimum Gasteiger partial charge on any atom is -0.508 e. The zero-order chi connectivity index (χ0) is 20.8. The Labute approximate surface area is 163 Å². The molecule has 9 nitrogen and oxygen atoms in total. The van der Waals surface area contributed by atoms with Crippen molar-refractivity contribution in [2.75, 3.05) is 6.61 Å². The molecule has 1 rings (SSSR count). The van der Waals surface area contributed by atoms with E-state index in [2.05, 4.69) is 6.92 Å². The molecule has 0 amide bonds. The van der Waals surface area contributed by atoms with Gasteiger partial charge in [-0.05, 0) is 49.4 Å². The summed E-state index contributed by atoms with van der Waals surface area (Å²) in [6.45, 7) is 6.34. The van der Waals surface area contributed by atoms with Crippen molar-refractivity contribution >= 4 is 25.8 Å². The van der Waals surface area contributed by atoms with Crippen molar-refractivity contribution in [3.8, 4) is 11.5 Å². The second kappa shape index (κ2) is 15.7. The van der Waals surface area contributed by atoms with Gasteiger partial charge in [0.05, 0.1) is 6.61 Å². The summed E-state index contributed by atoms with van der Waals surface area (Å²) in [6.07, 6.45) is 4.53. The first-order valence-corrected chi connectivity index (χ1v) is 11.8. The molecule has 0 fully saturated rings. The number of aryl methyl sites for hydroxylation is 2. The molecule has 158 valence electrons. The number of rotatable bonds is 11. The second-order valence-corrected chi connectivity index (χ2v) is 8.04. The summed E-state index contributed by atoms with van der Waals surface area (Å²) < 4.78 is 16.1. The number of hydrogen-bond donors (Lipinski definition) is 6. The predicted molar refractivity (Wildman–Crippen MR) is 106 cm³/mol. The van der Waals surface area contributed by atoms with Crippen LogP contribution in [0, 0.1) is 6.92 Å². The molecular formula is C15H29O9P3. The lowest BCUT2D eigenvalue weighted by Gasteiger charge is -2.19. The van der Waals surface area contributed by atoms with Crippen LogP contribution in [0.4, 0.5) is 0 Å². The molecule has 0 aliphatic rings. The molecule has 27 heavy (non-hydrogen) atoms. The second-order valence-electron chi connectivity index (χ2n) is 5.45. The number of hydrogen-bond acceptors (Lipinski definition) is 9. The van der Waals surface area contributed by atoms with Crippen LogP contribution in [0.3, 0.4) is 0 Å². The van der Waals surface area contributed by atoms with Gasteiger partial charge in [0.1, 0.15) is 11.5 Å². The van der Waals surface area contributed by atoms with Crippen molar-refractivity contribution < 1.29 is 42.9 Å². The molecule has 0 bridgehead atoms. The molecule has 0 aliphatic carbocycles. The van der Waals surface area contributed by atoms with Gasteiger partial charge in [0.25, 0.3) is 0 Å². The minimum absolute atomic E-state index is 0.243. The van der Waals surface area contributed by atoms with Crippen molar-refractivity contribution in [3.05, 3.63) is 23.3 Å². The normalized spacial score (nSPS) is 12.1. The quantitative estimate of drug-likeness (QED) is 0.220. The Bertz CT molecular complexity index is 515. The highest BCUT2D eigenvalue weighted by atomic mass is 31.2. The summed E-state index contributed by atoms with van der Waals surface area (Å²) in [7, 11) is -7.07. The fourth-order valence-electron chi connectivity index (χ4n) is 1.87. The van der Waals surface area contributed by atoms with Crippen LogP contribution in [0.2, 0.25) is 0 Å². The van der Waals surface area contributed by atoms with Gasteiger partial charge >= 0.3 is 25.8 Å². The van der Waals surface area contributed by atoms with Crippen molar-refractivity contribution in [2.24, 2.45) is 0 Å². The molecule has 0 radical (unpaired) electrons. The van der Waals surface area contributed by atoms with Crippen LogP contribution in [-0.2, 0) is 15.3 Å². The first-order chi connectivity index (χ1) is 12.7. The molecule has 0 saturated heterocycles. The Kier molecular flexibility index (Phi) is 15.6. The topological polar surface area (TPSA) is 149 Å². The summed E-state index contributed by atoms with van der Waals surface area (Å²) in [6, 6.07) is 3.40. The van der Waals surface area contributed by atoms with Crippen LogP contribution in [0.5, 0.6) is 11.5 Å². The SMILES string of the molecule is CCCCOP(Oc1cc(CCCC)c(O)cc1C)OP(O)O.OP(O)O. The smallest absolute Gasteiger partial charge is 0.404 e. The zero-order valence-electron chi connectivity index (χ0n) is 15.6. The number of benzene rings is 1.